The zero-order chi connectivity index (χ0) is 38.4. The summed E-state index contributed by atoms with van der Waals surface area (Å²) >= 11 is 1.80. The minimum absolute atomic E-state index is 0.654. The van der Waals surface area contributed by atoms with Crippen LogP contribution in [0.2, 0.25) is 0 Å². The van der Waals surface area contributed by atoms with Gasteiger partial charge < -0.3 is 4.90 Å². The third-order valence-corrected chi connectivity index (χ3v) is 12.1. The van der Waals surface area contributed by atoms with E-state index in [4.69, 9.17) is 15.0 Å². The van der Waals surface area contributed by atoms with Gasteiger partial charge in [-0.2, -0.15) is 0 Å². The standard InChI is InChI=1S/C53H34N4S/c1-4-15-37(16-5-1)51-54-52(39-27-26-35-14-10-11-17-38(35)34-39)56-53(55-51)47-25-13-24-46-45-23-12-22-44-43(32-33-48(49(44)45)58-50(46)47)36-28-30-42(31-29-36)57(40-18-6-2-7-19-40)41-20-8-3-9-21-41/h1-34H. The lowest BCUT2D eigenvalue weighted by Crippen LogP contribution is -2.09. The molecule has 1 aliphatic rings. The first-order valence-corrected chi connectivity index (χ1v) is 20.3. The molecule has 58 heavy (non-hydrogen) atoms. The van der Waals surface area contributed by atoms with Crippen molar-refractivity contribution >= 4 is 50.4 Å². The summed E-state index contributed by atoms with van der Waals surface area (Å²) in [6, 6.07) is 72.8. The number of nitrogens with zero attached hydrogens (tertiary/aromatic N) is 4. The molecule has 2 heterocycles. The largest absolute Gasteiger partial charge is 0.311 e. The molecule has 0 saturated heterocycles. The molecule has 4 nitrogen and oxygen atoms in total. The number of benzene rings is 9. The summed E-state index contributed by atoms with van der Waals surface area (Å²) in [4.78, 5) is 20.0. The molecule has 1 aromatic heterocycles. The SMILES string of the molecule is c1ccc(-c2nc(-c3ccc4ccccc4c3)nc(-c3cccc4c3Sc3ccc(-c5ccc(N(c6ccccc6)c6ccccc6)cc5)c5cccc-4c35)n2)cc1. The van der Waals surface area contributed by atoms with Gasteiger partial charge in [-0.3, -0.25) is 0 Å². The average Bonchev–Trinajstić information content (AvgIpc) is 3.30. The van der Waals surface area contributed by atoms with Crippen molar-refractivity contribution in [2.75, 3.05) is 4.90 Å². The maximum Gasteiger partial charge on any atom is 0.165 e. The summed E-state index contributed by atoms with van der Waals surface area (Å²) in [5.41, 5.74) is 11.0. The Morgan fingerprint density at radius 2 is 0.914 bits per heavy atom. The van der Waals surface area contributed by atoms with Crippen LogP contribution in [-0.4, -0.2) is 15.0 Å². The van der Waals surface area contributed by atoms with Crippen molar-refractivity contribution in [3.63, 3.8) is 0 Å². The summed E-state index contributed by atoms with van der Waals surface area (Å²) in [6.45, 7) is 0. The quantitative estimate of drug-likeness (QED) is 0.162. The van der Waals surface area contributed by atoms with Gasteiger partial charge in [-0.15, -0.1) is 0 Å². The molecule has 0 unspecified atom stereocenters. The van der Waals surface area contributed by atoms with Gasteiger partial charge in [-0.05, 0) is 93.0 Å². The van der Waals surface area contributed by atoms with Crippen molar-refractivity contribution in [1.29, 1.82) is 0 Å². The smallest absolute Gasteiger partial charge is 0.165 e. The van der Waals surface area contributed by atoms with Gasteiger partial charge in [-0.25, -0.2) is 15.0 Å². The Bertz CT molecular complexity index is 3090. The van der Waals surface area contributed by atoms with E-state index < -0.39 is 0 Å². The van der Waals surface area contributed by atoms with E-state index in [2.05, 4.69) is 193 Å². The fourth-order valence-electron chi connectivity index (χ4n) is 8.14. The van der Waals surface area contributed by atoms with Crippen LogP contribution < -0.4 is 4.90 Å². The van der Waals surface area contributed by atoms with Gasteiger partial charge in [0.25, 0.3) is 0 Å². The maximum absolute atomic E-state index is 5.19. The lowest BCUT2D eigenvalue weighted by molar-refractivity contribution is 1.07. The Balaban J connectivity index is 1.01. The fraction of sp³-hybridized carbons (Fsp3) is 0. The van der Waals surface area contributed by atoms with Crippen molar-refractivity contribution in [2.45, 2.75) is 9.79 Å². The normalized spacial score (nSPS) is 11.7. The number of rotatable bonds is 7. The predicted molar refractivity (Wildman–Crippen MR) is 241 cm³/mol. The molecule has 0 amide bonds. The van der Waals surface area contributed by atoms with Crippen molar-refractivity contribution in [2.24, 2.45) is 0 Å². The van der Waals surface area contributed by atoms with Crippen LogP contribution in [0.1, 0.15) is 0 Å². The van der Waals surface area contributed by atoms with Gasteiger partial charge >= 0.3 is 0 Å². The Kier molecular flexibility index (Phi) is 8.37. The molecule has 0 aliphatic carbocycles. The summed E-state index contributed by atoms with van der Waals surface area (Å²) in [5.74, 6) is 1.97. The Hall–Kier alpha value is -7.34. The molecule has 0 spiro atoms. The highest BCUT2D eigenvalue weighted by atomic mass is 32.2. The van der Waals surface area contributed by atoms with Crippen LogP contribution in [0.25, 0.3) is 78.0 Å². The van der Waals surface area contributed by atoms with E-state index in [-0.39, 0.29) is 0 Å². The first-order chi connectivity index (χ1) is 28.7. The lowest BCUT2D eigenvalue weighted by Gasteiger charge is -2.26. The molecule has 0 atom stereocenters. The third-order valence-electron chi connectivity index (χ3n) is 10.9. The monoisotopic (exact) mass is 758 g/mol. The minimum Gasteiger partial charge on any atom is -0.311 e. The van der Waals surface area contributed by atoms with Gasteiger partial charge in [-0.1, -0.05) is 163 Å². The van der Waals surface area contributed by atoms with E-state index in [1.54, 1.807) is 11.8 Å². The molecule has 10 aromatic rings. The highest BCUT2D eigenvalue weighted by molar-refractivity contribution is 8.00. The molecule has 272 valence electrons. The summed E-state index contributed by atoms with van der Waals surface area (Å²) < 4.78 is 0. The van der Waals surface area contributed by atoms with Crippen molar-refractivity contribution < 1.29 is 0 Å². The van der Waals surface area contributed by atoms with Gasteiger partial charge in [0.2, 0.25) is 0 Å². The molecule has 5 heteroatoms. The Morgan fingerprint density at radius 1 is 0.345 bits per heavy atom. The van der Waals surface area contributed by atoms with Gasteiger partial charge in [0.05, 0.1) is 0 Å². The third kappa shape index (κ3) is 6.01. The van der Waals surface area contributed by atoms with Crippen molar-refractivity contribution in [3.8, 4) is 56.4 Å². The average molecular weight is 759 g/mol. The zero-order valence-corrected chi connectivity index (χ0v) is 32.1. The van der Waals surface area contributed by atoms with Crippen LogP contribution in [-0.2, 0) is 0 Å². The van der Waals surface area contributed by atoms with Crippen LogP contribution in [0.15, 0.2) is 216 Å². The van der Waals surface area contributed by atoms with E-state index in [1.165, 1.54) is 43.3 Å². The summed E-state index contributed by atoms with van der Waals surface area (Å²) in [6.07, 6.45) is 0. The topological polar surface area (TPSA) is 41.9 Å². The second-order valence-electron chi connectivity index (χ2n) is 14.4. The zero-order valence-electron chi connectivity index (χ0n) is 31.3. The lowest BCUT2D eigenvalue weighted by atomic mass is 9.91. The Labute approximate surface area is 341 Å². The van der Waals surface area contributed by atoms with E-state index >= 15 is 0 Å². The molecule has 0 bridgehead atoms. The fourth-order valence-corrected chi connectivity index (χ4v) is 9.38. The van der Waals surface area contributed by atoms with Crippen LogP contribution in [0.4, 0.5) is 17.1 Å². The number of anilines is 3. The van der Waals surface area contributed by atoms with Crippen LogP contribution in [0, 0.1) is 0 Å². The number of fused-ring (bicyclic) bond motifs is 3. The predicted octanol–water partition coefficient (Wildman–Crippen LogP) is 14.4. The summed E-state index contributed by atoms with van der Waals surface area (Å²) in [7, 11) is 0. The number of para-hydroxylation sites is 2. The van der Waals surface area contributed by atoms with Crippen LogP contribution >= 0.6 is 11.8 Å². The molecule has 0 saturated carbocycles. The number of aromatic nitrogens is 3. The van der Waals surface area contributed by atoms with E-state index in [0.29, 0.717) is 17.5 Å². The number of hydrogen-bond acceptors (Lipinski definition) is 5. The second kappa shape index (κ2) is 14.3. The molecule has 0 N–H and O–H groups in total. The molecule has 9 aromatic carbocycles. The Morgan fingerprint density at radius 3 is 1.66 bits per heavy atom. The highest BCUT2D eigenvalue weighted by Gasteiger charge is 2.25. The minimum atomic E-state index is 0.654. The summed E-state index contributed by atoms with van der Waals surface area (Å²) in [5, 5.41) is 4.84. The molecular weight excluding hydrogens is 725 g/mol. The molecule has 0 fully saturated rings. The molecule has 0 radical (unpaired) electrons. The molecule has 11 rings (SSSR count). The number of hydrogen-bond donors (Lipinski definition) is 0. The van der Waals surface area contributed by atoms with Gasteiger partial charge in [0.1, 0.15) is 0 Å². The maximum atomic E-state index is 5.19. The second-order valence-corrected chi connectivity index (χ2v) is 15.5. The van der Waals surface area contributed by atoms with Crippen molar-refractivity contribution in [1.82, 2.24) is 15.0 Å². The highest BCUT2D eigenvalue weighted by Crippen LogP contribution is 2.52. The van der Waals surface area contributed by atoms with Crippen LogP contribution in [0.5, 0.6) is 0 Å². The van der Waals surface area contributed by atoms with Crippen LogP contribution in [0.3, 0.4) is 0 Å². The first-order valence-electron chi connectivity index (χ1n) is 19.4. The van der Waals surface area contributed by atoms with Gasteiger partial charge in [0, 0.05) is 48.9 Å². The van der Waals surface area contributed by atoms with E-state index in [0.717, 1.165) is 44.0 Å². The molecule has 1 aliphatic heterocycles. The molecular formula is C53H34N4S. The van der Waals surface area contributed by atoms with Crippen molar-refractivity contribution in [3.05, 3.63) is 206 Å². The van der Waals surface area contributed by atoms with Gasteiger partial charge in [0.15, 0.2) is 17.5 Å². The van der Waals surface area contributed by atoms with E-state index in [9.17, 15) is 0 Å². The van der Waals surface area contributed by atoms with E-state index in [1.807, 2.05) is 18.2 Å². The first kappa shape index (κ1) is 34.0.